The van der Waals surface area contributed by atoms with Crippen LogP contribution in [0.15, 0.2) is 54.9 Å². The summed E-state index contributed by atoms with van der Waals surface area (Å²) >= 11 is 0. The summed E-state index contributed by atoms with van der Waals surface area (Å²) in [7, 11) is -2.19. The summed E-state index contributed by atoms with van der Waals surface area (Å²) in [5.41, 5.74) is 0.320. The van der Waals surface area contributed by atoms with Gasteiger partial charge < -0.3 is 4.74 Å². The van der Waals surface area contributed by atoms with Crippen molar-refractivity contribution in [1.29, 1.82) is 0 Å². The fraction of sp³-hybridized carbons (Fsp3) is 0.393. The molecule has 2 aliphatic heterocycles. The van der Waals surface area contributed by atoms with Crippen LogP contribution in [0, 0.1) is 18.2 Å². The molecule has 39 heavy (non-hydrogen) atoms. The van der Waals surface area contributed by atoms with E-state index in [2.05, 4.69) is 21.3 Å². The molecule has 0 bridgehead atoms. The Kier molecular flexibility index (Phi) is 7.53. The van der Waals surface area contributed by atoms with Crippen LogP contribution >= 0.6 is 0 Å². The predicted molar refractivity (Wildman–Crippen MR) is 143 cm³/mol. The van der Waals surface area contributed by atoms with Gasteiger partial charge in [0.05, 0.1) is 11.5 Å². The molecule has 204 valence electrons. The van der Waals surface area contributed by atoms with Crippen molar-refractivity contribution in [2.45, 2.75) is 48.9 Å². The van der Waals surface area contributed by atoms with Crippen molar-refractivity contribution in [1.82, 2.24) is 19.1 Å². The van der Waals surface area contributed by atoms with Crippen LogP contribution in [0.1, 0.15) is 47.6 Å². The van der Waals surface area contributed by atoms with E-state index in [4.69, 9.17) is 11.2 Å². The summed E-state index contributed by atoms with van der Waals surface area (Å²) in [6.07, 6.45) is 8.62. The summed E-state index contributed by atoms with van der Waals surface area (Å²) in [6, 6.07) is 12.9. The third-order valence-corrected chi connectivity index (χ3v) is 10.0. The standard InChI is InChI=1S/C28H30FN5O4S/c1-3-23-11-12-25(20-7-5-4-6-8-20)39(36,37)34(23)18-21-9-10-22(17-24(21)29)28(13-15-38-16-14-28)26(35)32-27-30-19-31-33(27)2/h1,4-10,17,19,23,25H,11-16,18H2,2H3,(H,30,31,32,35)/t23-,25+/m0/s1. The monoisotopic (exact) mass is 551 g/mol. The van der Waals surface area contributed by atoms with Crippen LogP contribution < -0.4 is 5.32 Å². The van der Waals surface area contributed by atoms with E-state index >= 15 is 4.39 Å². The SMILES string of the molecule is C#C[C@H]1CC[C@H](c2ccccc2)S(=O)(=O)N1Cc1ccc(C2(C(=O)Nc3ncnn3C)CCOCC2)cc1F. The maximum absolute atomic E-state index is 15.7. The average Bonchev–Trinajstić information content (AvgIpc) is 3.35. The molecule has 0 unspecified atom stereocenters. The van der Waals surface area contributed by atoms with Crippen molar-refractivity contribution in [2.24, 2.45) is 7.05 Å². The number of carbonyl (C=O) groups excluding carboxylic acids is 1. The van der Waals surface area contributed by atoms with Gasteiger partial charge in [-0.3, -0.25) is 10.1 Å². The molecule has 2 aliphatic rings. The zero-order valence-corrected chi connectivity index (χ0v) is 22.4. The Morgan fingerprint density at radius 2 is 1.95 bits per heavy atom. The highest BCUT2D eigenvalue weighted by molar-refractivity contribution is 7.89. The summed E-state index contributed by atoms with van der Waals surface area (Å²) < 4.78 is 51.2. The number of anilines is 1. The lowest BCUT2D eigenvalue weighted by atomic mass is 9.73. The predicted octanol–water partition coefficient (Wildman–Crippen LogP) is 3.31. The second-order valence-electron chi connectivity index (χ2n) is 9.91. The second-order valence-corrected chi connectivity index (χ2v) is 12.0. The minimum absolute atomic E-state index is 0.187. The Labute approximate surface area is 227 Å². The third-order valence-electron chi connectivity index (χ3n) is 7.75. The number of rotatable bonds is 6. The van der Waals surface area contributed by atoms with E-state index in [1.807, 2.05) is 6.07 Å². The van der Waals surface area contributed by atoms with Gasteiger partial charge in [-0.1, -0.05) is 48.4 Å². The number of amides is 1. The lowest BCUT2D eigenvalue weighted by Crippen LogP contribution is -2.46. The van der Waals surface area contributed by atoms with E-state index in [-0.39, 0.29) is 24.0 Å². The Hall–Kier alpha value is -3.59. The van der Waals surface area contributed by atoms with Gasteiger partial charge in [-0.2, -0.15) is 14.4 Å². The van der Waals surface area contributed by atoms with Crippen LogP contribution in [-0.2, 0) is 38.6 Å². The first kappa shape index (κ1) is 27.0. The number of halogens is 1. The number of carbonyl (C=O) groups is 1. The number of aromatic nitrogens is 3. The van der Waals surface area contributed by atoms with Crippen LogP contribution in [0.4, 0.5) is 10.3 Å². The van der Waals surface area contributed by atoms with Crippen LogP contribution in [0.3, 0.4) is 0 Å². The number of aryl methyl sites for hydroxylation is 1. The average molecular weight is 552 g/mol. The summed E-state index contributed by atoms with van der Waals surface area (Å²) in [6.45, 7) is 0.479. The lowest BCUT2D eigenvalue weighted by Gasteiger charge is -2.37. The van der Waals surface area contributed by atoms with Gasteiger partial charge in [0.1, 0.15) is 17.4 Å². The molecular formula is C28H30FN5O4S. The van der Waals surface area contributed by atoms with Crippen molar-refractivity contribution in [3.05, 3.63) is 77.4 Å². The van der Waals surface area contributed by atoms with Crippen LogP contribution in [0.5, 0.6) is 0 Å². The van der Waals surface area contributed by atoms with Gasteiger partial charge in [0, 0.05) is 32.4 Å². The number of nitrogens with one attached hydrogen (secondary N) is 1. The minimum Gasteiger partial charge on any atom is -0.381 e. The number of hydrogen-bond acceptors (Lipinski definition) is 6. The van der Waals surface area contributed by atoms with Crippen molar-refractivity contribution >= 4 is 21.9 Å². The molecule has 2 saturated heterocycles. The second kappa shape index (κ2) is 10.9. The number of sulfonamides is 1. The summed E-state index contributed by atoms with van der Waals surface area (Å²) in [5.74, 6) is 1.93. The van der Waals surface area contributed by atoms with E-state index in [9.17, 15) is 13.2 Å². The van der Waals surface area contributed by atoms with Crippen molar-refractivity contribution < 1.29 is 22.3 Å². The molecule has 2 fully saturated rings. The van der Waals surface area contributed by atoms with E-state index in [0.29, 0.717) is 50.0 Å². The highest BCUT2D eigenvalue weighted by Gasteiger charge is 2.44. The zero-order chi connectivity index (χ0) is 27.6. The van der Waals surface area contributed by atoms with Crippen LogP contribution in [-0.4, -0.2) is 52.7 Å². The van der Waals surface area contributed by atoms with Gasteiger partial charge in [0.2, 0.25) is 21.9 Å². The van der Waals surface area contributed by atoms with Gasteiger partial charge in [0.15, 0.2) is 0 Å². The van der Waals surface area contributed by atoms with Crippen molar-refractivity contribution in [3.63, 3.8) is 0 Å². The first-order valence-corrected chi connectivity index (χ1v) is 14.3. The quantitative estimate of drug-likeness (QED) is 0.471. The molecular weight excluding hydrogens is 521 g/mol. The molecule has 3 aromatic rings. The van der Waals surface area contributed by atoms with Crippen LogP contribution in [0.25, 0.3) is 0 Å². The molecule has 2 aromatic carbocycles. The lowest BCUT2D eigenvalue weighted by molar-refractivity contribution is -0.125. The maximum atomic E-state index is 15.7. The third kappa shape index (κ3) is 5.07. The largest absolute Gasteiger partial charge is 0.381 e. The van der Waals surface area contributed by atoms with E-state index in [1.54, 1.807) is 43.4 Å². The summed E-state index contributed by atoms with van der Waals surface area (Å²) in [4.78, 5) is 17.6. The molecule has 0 spiro atoms. The Morgan fingerprint density at radius 3 is 2.59 bits per heavy atom. The Bertz CT molecular complexity index is 1500. The van der Waals surface area contributed by atoms with E-state index in [0.717, 1.165) is 0 Å². The molecule has 9 nitrogen and oxygen atoms in total. The molecule has 0 saturated carbocycles. The van der Waals surface area contributed by atoms with Gasteiger partial charge in [-0.25, -0.2) is 17.5 Å². The molecule has 0 radical (unpaired) electrons. The molecule has 5 rings (SSSR count). The molecule has 0 aliphatic carbocycles. The molecule has 3 heterocycles. The summed E-state index contributed by atoms with van der Waals surface area (Å²) in [5, 5.41) is 6.04. The maximum Gasteiger partial charge on any atom is 0.237 e. The number of ether oxygens (including phenoxy) is 1. The normalized spacial score (nSPS) is 22.6. The molecule has 2 atom stereocenters. The number of nitrogens with zero attached hydrogens (tertiary/aromatic N) is 4. The first-order chi connectivity index (χ1) is 18.8. The minimum atomic E-state index is -3.85. The van der Waals surface area contributed by atoms with Crippen molar-refractivity contribution in [2.75, 3.05) is 18.5 Å². The topological polar surface area (TPSA) is 106 Å². The van der Waals surface area contributed by atoms with Gasteiger partial charge in [-0.15, -0.1) is 6.42 Å². The Balaban J connectivity index is 1.44. The fourth-order valence-corrected chi connectivity index (χ4v) is 7.56. The fourth-order valence-electron chi connectivity index (χ4n) is 5.45. The smallest absolute Gasteiger partial charge is 0.237 e. The van der Waals surface area contributed by atoms with Gasteiger partial charge in [0.25, 0.3) is 0 Å². The number of hydrogen-bond donors (Lipinski definition) is 1. The number of terminal acetylenes is 1. The first-order valence-electron chi connectivity index (χ1n) is 12.8. The van der Waals surface area contributed by atoms with Gasteiger partial charge in [-0.05, 0) is 42.9 Å². The van der Waals surface area contributed by atoms with Crippen molar-refractivity contribution in [3.8, 4) is 12.3 Å². The highest BCUT2D eigenvalue weighted by Crippen LogP contribution is 2.40. The van der Waals surface area contributed by atoms with E-state index < -0.39 is 32.5 Å². The molecule has 1 amide bonds. The number of benzene rings is 2. The zero-order valence-electron chi connectivity index (χ0n) is 21.6. The van der Waals surface area contributed by atoms with E-state index in [1.165, 1.54) is 21.4 Å². The molecule has 11 heteroatoms. The molecule has 1 aromatic heterocycles. The molecule has 1 N–H and O–H groups in total. The highest BCUT2D eigenvalue weighted by atomic mass is 32.2. The van der Waals surface area contributed by atoms with Gasteiger partial charge >= 0.3 is 0 Å². The Morgan fingerprint density at radius 1 is 1.21 bits per heavy atom. The van der Waals surface area contributed by atoms with Crippen LogP contribution in [0.2, 0.25) is 0 Å².